The van der Waals surface area contributed by atoms with Crippen LogP contribution in [0.15, 0.2) is 42.5 Å². The quantitative estimate of drug-likeness (QED) is 0.683. The van der Waals surface area contributed by atoms with Crippen LogP contribution in [0.5, 0.6) is 5.75 Å². The molecule has 2 aromatic carbocycles. The molecule has 0 saturated carbocycles. The lowest BCUT2D eigenvalue weighted by molar-refractivity contribution is -0.130. The predicted octanol–water partition coefficient (Wildman–Crippen LogP) is 4.18. The Morgan fingerprint density at radius 2 is 1.71 bits per heavy atom. The summed E-state index contributed by atoms with van der Waals surface area (Å²) in [7, 11) is 0. The lowest BCUT2D eigenvalue weighted by Crippen LogP contribution is -2.45. The predicted molar refractivity (Wildman–Crippen MR) is 111 cm³/mol. The Kier molecular flexibility index (Phi) is 7.88. The van der Waals surface area contributed by atoms with E-state index >= 15 is 0 Å². The Labute approximate surface area is 171 Å². The van der Waals surface area contributed by atoms with Gasteiger partial charge in [-0.25, -0.2) is 0 Å². The summed E-state index contributed by atoms with van der Waals surface area (Å²) >= 11 is 5.96. The molecule has 2 aromatic rings. The molecule has 0 aromatic heterocycles. The summed E-state index contributed by atoms with van der Waals surface area (Å²) in [5, 5.41) is 0.635. The molecule has 2 amide bonds. The Morgan fingerprint density at radius 3 is 2.32 bits per heavy atom. The van der Waals surface area contributed by atoms with Crippen molar-refractivity contribution in [1.82, 2.24) is 10.9 Å². The highest BCUT2D eigenvalue weighted by molar-refractivity contribution is 6.31. The molecule has 0 aliphatic heterocycles. The zero-order valence-corrected chi connectivity index (χ0v) is 17.5. The molecule has 0 bridgehead atoms. The summed E-state index contributed by atoms with van der Waals surface area (Å²) in [5.74, 6) is 0.0139. The van der Waals surface area contributed by atoms with Crippen molar-refractivity contribution < 1.29 is 14.3 Å². The topological polar surface area (TPSA) is 67.4 Å². The van der Waals surface area contributed by atoms with Crippen molar-refractivity contribution in [1.29, 1.82) is 0 Å². The number of halogens is 1. The summed E-state index contributed by atoms with van der Waals surface area (Å²) in [5.41, 5.74) is 7.82. The molecule has 1 unspecified atom stereocenters. The molecule has 6 heteroatoms. The molecular weight excluding hydrogens is 376 g/mol. The van der Waals surface area contributed by atoms with Crippen molar-refractivity contribution in [2.75, 3.05) is 6.61 Å². The van der Waals surface area contributed by atoms with Crippen LogP contribution in [0.4, 0.5) is 0 Å². The third kappa shape index (κ3) is 6.57. The van der Waals surface area contributed by atoms with Crippen molar-refractivity contribution in [3.63, 3.8) is 0 Å². The van der Waals surface area contributed by atoms with Gasteiger partial charge in [0.2, 0.25) is 5.91 Å². The average molecular weight is 403 g/mol. The van der Waals surface area contributed by atoms with E-state index in [9.17, 15) is 9.59 Å². The first-order valence-electron chi connectivity index (χ1n) is 9.32. The van der Waals surface area contributed by atoms with Gasteiger partial charge >= 0.3 is 0 Å². The lowest BCUT2D eigenvalue weighted by Gasteiger charge is -2.14. The van der Waals surface area contributed by atoms with E-state index in [1.165, 1.54) is 5.56 Å². The van der Waals surface area contributed by atoms with E-state index in [1.807, 2.05) is 31.2 Å². The van der Waals surface area contributed by atoms with E-state index in [0.717, 1.165) is 17.5 Å². The van der Waals surface area contributed by atoms with Crippen LogP contribution in [0, 0.1) is 12.8 Å². The minimum absolute atomic E-state index is 0.209. The second-order valence-electron chi connectivity index (χ2n) is 7.30. The van der Waals surface area contributed by atoms with Crippen LogP contribution in [0.2, 0.25) is 5.02 Å². The molecule has 0 spiro atoms. The van der Waals surface area contributed by atoms with Gasteiger partial charge in [0.1, 0.15) is 5.75 Å². The third-order valence-electron chi connectivity index (χ3n) is 4.34. The van der Waals surface area contributed by atoms with Gasteiger partial charge in [0, 0.05) is 5.02 Å². The molecule has 5 nitrogen and oxygen atoms in total. The van der Waals surface area contributed by atoms with E-state index in [1.54, 1.807) is 25.1 Å². The minimum atomic E-state index is -0.444. The number of hydrazine groups is 1. The van der Waals surface area contributed by atoms with Crippen LogP contribution >= 0.6 is 11.6 Å². The molecule has 2 N–H and O–H groups in total. The number of carbonyl (C=O) groups excluding carboxylic acids is 2. The summed E-state index contributed by atoms with van der Waals surface area (Å²) in [4.78, 5) is 24.2. The summed E-state index contributed by atoms with van der Waals surface area (Å²) in [6.45, 7) is 7.78. The Balaban J connectivity index is 1.80. The zero-order chi connectivity index (χ0) is 20.7. The highest BCUT2D eigenvalue weighted by Gasteiger charge is 2.16. The fourth-order valence-corrected chi connectivity index (χ4v) is 2.81. The van der Waals surface area contributed by atoms with Crippen LogP contribution in [0.25, 0.3) is 0 Å². The molecule has 28 heavy (non-hydrogen) atoms. The Bertz CT molecular complexity index is 819. The van der Waals surface area contributed by atoms with Gasteiger partial charge in [-0.1, -0.05) is 49.7 Å². The van der Waals surface area contributed by atoms with E-state index in [0.29, 0.717) is 16.7 Å². The number of amides is 2. The second kappa shape index (κ2) is 10.1. The minimum Gasteiger partial charge on any atom is -0.484 e. The highest BCUT2D eigenvalue weighted by atomic mass is 35.5. The summed E-state index contributed by atoms with van der Waals surface area (Å²) in [6.07, 6.45) is 1.00. The molecule has 0 aliphatic carbocycles. The molecule has 2 rings (SSSR count). The Morgan fingerprint density at radius 1 is 1.04 bits per heavy atom. The van der Waals surface area contributed by atoms with Crippen molar-refractivity contribution in [2.45, 2.75) is 40.0 Å². The van der Waals surface area contributed by atoms with E-state index in [2.05, 4.69) is 24.7 Å². The van der Waals surface area contributed by atoms with Crippen LogP contribution in [-0.2, 0) is 16.0 Å². The van der Waals surface area contributed by atoms with E-state index < -0.39 is 5.91 Å². The number of hydrogen-bond donors (Lipinski definition) is 2. The van der Waals surface area contributed by atoms with Gasteiger partial charge < -0.3 is 4.74 Å². The third-order valence-corrected chi connectivity index (χ3v) is 4.77. The second-order valence-corrected chi connectivity index (χ2v) is 7.71. The molecule has 0 aliphatic rings. The van der Waals surface area contributed by atoms with Crippen LogP contribution in [0.1, 0.15) is 43.4 Å². The maximum absolute atomic E-state index is 12.3. The number of ether oxygens (including phenoxy) is 1. The smallest absolute Gasteiger partial charge is 0.276 e. The van der Waals surface area contributed by atoms with Gasteiger partial charge in [-0.3, -0.25) is 20.4 Å². The van der Waals surface area contributed by atoms with E-state index in [4.69, 9.17) is 16.3 Å². The largest absolute Gasteiger partial charge is 0.484 e. The lowest BCUT2D eigenvalue weighted by atomic mass is 9.96. The average Bonchev–Trinajstić information content (AvgIpc) is 2.66. The fourth-order valence-electron chi connectivity index (χ4n) is 2.70. The first kappa shape index (κ1) is 21.8. The molecule has 0 fully saturated rings. The van der Waals surface area contributed by atoms with Crippen molar-refractivity contribution in [2.24, 2.45) is 5.92 Å². The number of benzene rings is 2. The van der Waals surface area contributed by atoms with Gasteiger partial charge in [0.25, 0.3) is 5.91 Å². The first-order valence-corrected chi connectivity index (χ1v) is 9.70. The molecular formula is C22H27ClN2O3. The molecule has 0 heterocycles. The number of aryl methyl sites for hydroxylation is 1. The van der Waals surface area contributed by atoms with Gasteiger partial charge in [0.05, 0.1) is 5.92 Å². The van der Waals surface area contributed by atoms with Crippen molar-refractivity contribution in [3.8, 4) is 5.75 Å². The Hall–Kier alpha value is -2.53. The van der Waals surface area contributed by atoms with E-state index in [-0.39, 0.29) is 18.4 Å². The maximum atomic E-state index is 12.3. The monoisotopic (exact) mass is 402 g/mol. The number of carbonyl (C=O) groups is 2. The summed E-state index contributed by atoms with van der Waals surface area (Å²) < 4.78 is 5.40. The fraction of sp³-hybridized carbons (Fsp3) is 0.364. The van der Waals surface area contributed by atoms with Crippen LogP contribution < -0.4 is 15.6 Å². The van der Waals surface area contributed by atoms with Gasteiger partial charge in [-0.2, -0.15) is 0 Å². The maximum Gasteiger partial charge on any atom is 0.276 e. The molecule has 0 radical (unpaired) electrons. The SMILES string of the molecule is Cc1cc(OCC(=O)NNC(=O)C(C)c2ccc(CC(C)C)cc2)ccc1Cl. The van der Waals surface area contributed by atoms with Crippen molar-refractivity contribution in [3.05, 3.63) is 64.2 Å². The van der Waals surface area contributed by atoms with Gasteiger partial charge in [-0.05, 0) is 61.1 Å². The molecule has 150 valence electrons. The molecule has 1 atom stereocenters. The number of nitrogens with one attached hydrogen (secondary N) is 2. The zero-order valence-electron chi connectivity index (χ0n) is 16.7. The summed E-state index contributed by atoms with van der Waals surface area (Å²) in [6, 6.07) is 13.1. The molecule has 0 saturated heterocycles. The van der Waals surface area contributed by atoms with Crippen LogP contribution in [0.3, 0.4) is 0 Å². The van der Waals surface area contributed by atoms with Gasteiger partial charge in [0.15, 0.2) is 6.61 Å². The standard InChI is InChI=1S/C22H27ClN2O3/c1-14(2)11-17-5-7-18(8-6-17)16(4)22(27)25-24-21(26)13-28-19-9-10-20(23)15(3)12-19/h5-10,12,14,16H,11,13H2,1-4H3,(H,24,26)(H,25,27). The first-order chi connectivity index (χ1) is 13.3. The number of rotatable bonds is 7. The highest BCUT2D eigenvalue weighted by Crippen LogP contribution is 2.21. The van der Waals surface area contributed by atoms with Gasteiger partial charge in [-0.15, -0.1) is 0 Å². The number of hydrogen-bond acceptors (Lipinski definition) is 3. The van der Waals surface area contributed by atoms with Crippen LogP contribution in [-0.4, -0.2) is 18.4 Å². The normalized spacial score (nSPS) is 11.8. The van der Waals surface area contributed by atoms with Crippen molar-refractivity contribution >= 4 is 23.4 Å².